The lowest BCUT2D eigenvalue weighted by atomic mass is 9.89. The van der Waals surface area contributed by atoms with Gasteiger partial charge in [0.15, 0.2) is 6.10 Å². The van der Waals surface area contributed by atoms with Gasteiger partial charge in [-0.2, -0.15) is 5.10 Å². The topological polar surface area (TPSA) is 133 Å². The van der Waals surface area contributed by atoms with Crippen LogP contribution in [0.5, 0.6) is 0 Å². The van der Waals surface area contributed by atoms with Crippen LogP contribution in [-0.4, -0.2) is 42.7 Å². The average molecular weight is 494 g/mol. The van der Waals surface area contributed by atoms with E-state index in [2.05, 4.69) is 5.10 Å². The number of pyridine rings is 1. The first kappa shape index (κ1) is 22.6. The Balaban J connectivity index is 1.28. The molecule has 2 aromatic heterocycles. The third-order valence-electron chi connectivity index (χ3n) is 5.69. The smallest absolute Gasteiger partial charge is 0.355 e. The molecule has 2 aliphatic rings. The van der Waals surface area contributed by atoms with Gasteiger partial charge in [0, 0.05) is 30.7 Å². The van der Waals surface area contributed by atoms with Crippen molar-refractivity contribution in [2.24, 2.45) is 5.92 Å². The maximum Gasteiger partial charge on any atom is 0.355 e. The molecule has 35 heavy (non-hydrogen) atoms. The van der Waals surface area contributed by atoms with Crippen molar-refractivity contribution >= 4 is 40.8 Å². The summed E-state index contributed by atoms with van der Waals surface area (Å²) < 4.78 is 12.5. The fourth-order valence-electron chi connectivity index (χ4n) is 4.03. The molecule has 4 heterocycles. The molecule has 3 aromatic rings. The van der Waals surface area contributed by atoms with Crippen molar-refractivity contribution < 1.29 is 28.8 Å². The summed E-state index contributed by atoms with van der Waals surface area (Å²) in [7, 11) is 0. The number of hydrogen-bond donors (Lipinski definition) is 0. The first-order valence-corrected chi connectivity index (χ1v) is 11.5. The van der Waals surface area contributed by atoms with Crippen LogP contribution in [0, 0.1) is 16.0 Å². The van der Waals surface area contributed by atoms with Gasteiger partial charge in [-0.15, -0.1) is 11.8 Å². The summed E-state index contributed by atoms with van der Waals surface area (Å²) in [6.45, 7) is 1.16. The fourth-order valence-corrected chi connectivity index (χ4v) is 5.28. The Hall–Kier alpha value is -4.19. The number of thioether (sulfide) groups is 1. The van der Waals surface area contributed by atoms with Crippen LogP contribution in [0.2, 0.25) is 0 Å². The van der Waals surface area contributed by atoms with Crippen LogP contribution in [0.1, 0.15) is 24.3 Å². The zero-order valence-corrected chi connectivity index (χ0v) is 19.1. The number of nitro groups is 1. The molecule has 0 N–H and O–H groups in total. The molecule has 5 rings (SSSR count). The molecule has 1 aromatic carbocycles. The Labute approximate surface area is 202 Å². The van der Waals surface area contributed by atoms with Crippen LogP contribution in [-0.2, 0) is 30.5 Å². The molecule has 1 fully saturated rings. The summed E-state index contributed by atoms with van der Waals surface area (Å²) >= 11 is 1.27. The van der Waals surface area contributed by atoms with Crippen molar-refractivity contribution in [1.29, 1.82) is 0 Å². The summed E-state index contributed by atoms with van der Waals surface area (Å²) in [4.78, 5) is 49.2. The Morgan fingerprint density at radius 1 is 1.23 bits per heavy atom. The maximum atomic E-state index is 13.1. The number of carbonyl (C=O) groups excluding carboxylic acids is 3. The predicted molar refractivity (Wildman–Crippen MR) is 122 cm³/mol. The van der Waals surface area contributed by atoms with Crippen molar-refractivity contribution in [3.63, 3.8) is 0 Å². The molecule has 11 nitrogen and oxygen atoms in total. The van der Waals surface area contributed by atoms with Crippen LogP contribution < -0.4 is 0 Å². The number of non-ortho nitro benzene ring substituents is 1. The molecule has 3 atom stereocenters. The van der Waals surface area contributed by atoms with Crippen LogP contribution in [0.15, 0.2) is 65.8 Å². The van der Waals surface area contributed by atoms with Crippen molar-refractivity contribution in [2.75, 3.05) is 0 Å². The Kier molecular flexibility index (Phi) is 5.73. The van der Waals surface area contributed by atoms with Crippen molar-refractivity contribution in [1.82, 2.24) is 14.5 Å². The Morgan fingerprint density at radius 3 is 2.69 bits per heavy atom. The average Bonchev–Trinajstić information content (AvgIpc) is 3.44. The number of aromatic nitrogens is 2. The van der Waals surface area contributed by atoms with Gasteiger partial charge >= 0.3 is 11.9 Å². The second kappa shape index (κ2) is 8.87. The molecular weight excluding hydrogens is 476 g/mol. The summed E-state index contributed by atoms with van der Waals surface area (Å²) in [5.74, 6) is -2.33. The predicted octanol–water partition coefficient (Wildman–Crippen LogP) is 2.96. The number of benzene rings is 1. The molecule has 12 heteroatoms. The minimum Gasteiger partial charge on any atom is -0.456 e. The number of esters is 2. The van der Waals surface area contributed by atoms with Crippen LogP contribution in [0.25, 0.3) is 5.52 Å². The second-order valence-electron chi connectivity index (χ2n) is 7.93. The number of nitrogens with zero attached hydrogens (tertiary/aromatic N) is 4. The van der Waals surface area contributed by atoms with E-state index in [1.165, 1.54) is 47.9 Å². The van der Waals surface area contributed by atoms with Gasteiger partial charge in [-0.1, -0.05) is 6.07 Å². The summed E-state index contributed by atoms with van der Waals surface area (Å²) in [5, 5.41) is 16.3. The van der Waals surface area contributed by atoms with Gasteiger partial charge in [-0.25, -0.2) is 9.31 Å². The standard InChI is InChI=1S/C23H18N4O7S/c1-13(28)34-20(17-10-16-4-2-3-9-25(16)24-17)19-21(29)26-18(12-35-22(19)26)23(30)33-11-14-5-7-15(8-6-14)27(31)32/h2-10,12,19-20,22H,11H2,1H3. The maximum absolute atomic E-state index is 13.1. The zero-order valence-electron chi connectivity index (χ0n) is 18.3. The zero-order chi connectivity index (χ0) is 24.7. The first-order chi connectivity index (χ1) is 16.8. The molecule has 178 valence electrons. The van der Waals surface area contributed by atoms with E-state index < -0.39 is 34.3 Å². The Morgan fingerprint density at radius 2 is 2.00 bits per heavy atom. The molecule has 1 amide bonds. The van der Waals surface area contributed by atoms with Gasteiger partial charge in [-0.05, 0) is 35.9 Å². The SMILES string of the molecule is CC(=O)OC(c1cc2ccccn2n1)C1C(=O)N2C(C(=O)OCc3ccc([N+](=O)[O-])cc3)=CSC12. The van der Waals surface area contributed by atoms with E-state index in [0.717, 1.165) is 5.52 Å². The van der Waals surface area contributed by atoms with Gasteiger partial charge in [0.25, 0.3) is 5.69 Å². The second-order valence-corrected chi connectivity index (χ2v) is 8.92. The van der Waals surface area contributed by atoms with Gasteiger partial charge in [0.2, 0.25) is 5.91 Å². The molecular formula is C23H18N4O7S. The van der Waals surface area contributed by atoms with Crippen LogP contribution >= 0.6 is 11.8 Å². The quantitative estimate of drug-likeness (QED) is 0.210. The number of rotatable bonds is 7. The van der Waals surface area contributed by atoms with E-state index in [1.807, 2.05) is 18.2 Å². The number of nitro benzene ring substituents is 1. The molecule has 0 bridgehead atoms. The van der Waals surface area contributed by atoms with E-state index in [0.29, 0.717) is 11.3 Å². The lowest BCUT2D eigenvalue weighted by molar-refractivity contribution is -0.384. The molecule has 1 saturated heterocycles. The number of β-lactam (4-membered cyclic amide) rings is 1. The third-order valence-corrected chi connectivity index (χ3v) is 6.83. The number of hydrogen-bond acceptors (Lipinski definition) is 9. The number of amides is 1. The van der Waals surface area contributed by atoms with Gasteiger partial charge in [0.05, 0.1) is 10.4 Å². The fraction of sp³-hybridized carbons (Fsp3) is 0.217. The highest BCUT2D eigenvalue weighted by atomic mass is 32.2. The van der Waals surface area contributed by atoms with Crippen molar-refractivity contribution in [3.05, 3.63) is 87.2 Å². The van der Waals surface area contributed by atoms with Gasteiger partial charge < -0.3 is 9.47 Å². The molecule has 3 unspecified atom stereocenters. The highest BCUT2D eigenvalue weighted by Gasteiger charge is 2.58. The van der Waals surface area contributed by atoms with E-state index in [1.54, 1.807) is 22.2 Å². The van der Waals surface area contributed by atoms with E-state index in [9.17, 15) is 24.5 Å². The molecule has 2 aliphatic heterocycles. The van der Waals surface area contributed by atoms with Crippen molar-refractivity contribution in [3.8, 4) is 0 Å². The number of ether oxygens (including phenoxy) is 2. The number of carbonyl (C=O) groups is 3. The first-order valence-electron chi connectivity index (χ1n) is 10.5. The van der Waals surface area contributed by atoms with Crippen LogP contribution in [0.3, 0.4) is 0 Å². The summed E-state index contributed by atoms with van der Waals surface area (Å²) in [6.07, 6.45) is 0.848. The highest BCUT2D eigenvalue weighted by molar-refractivity contribution is 8.03. The van der Waals surface area contributed by atoms with E-state index >= 15 is 0 Å². The largest absolute Gasteiger partial charge is 0.456 e. The monoisotopic (exact) mass is 494 g/mol. The minimum atomic E-state index is -0.905. The highest BCUT2D eigenvalue weighted by Crippen LogP contribution is 2.50. The normalized spacial score (nSPS) is 19.5. The third kappa shape index (κ3) is 4.12. The summed E-state index contributed by atoms with van der Waals surface area (Å²) in [6, 6.07) is 12.9. The molecule has 0 spiro atoms. The van der Waals surface area contributed by atoms with Crippen molar-refractivity contribution in [2.45, 2.75) is 25.0 Å². The van der Waals surface area contributed by atoms with Crippen LogP contribution in [0.4, 0.5) is 5.69 Å². The molecule has 0 aliphatic carbocycles. The Bertz CT molecular complexity index is 1350. The molecule has 0 radical (unpaired) electrons. The minimum absolute atomic E-state index is 0.0667. The van der Waals surface area contributed by atoms with E-state index in [-0.39, 0.29) is 23.9 Å². The summed E-state index contributed by atoms with van der Waals surface area (Å²) in [5.41, 5.74) is 1.83. The lowest BCUT2D eigenvalue weighted by Gasteiger charge is -2.44. The lowest BCUT2D eigenvalue weighted by Crippen LogP contribution is -2.59. The van der Waals surface area contributed by atoms with Gasteiger partial charge in [0.1, 0.15) is 29.3 Å². The van der Waals surface area contributed by atoms with E-state index in [4.69, 9.17) is 9.47 Å². The molecule has 0 saturated carbocycles. The number of fused-ring (bicyclic) bond motifs is 2. The van der Waals surface area contributed by atoms with Gasteiger partial charge in [-0.3, -0.25) is 24.6 Å².